The molecule has 3 nitrogen and oxygen atoms in total. The van der Waals surface area contributed by atoms with Gasteiger partial charge in [0.2, 0.25) is 0 Å². The van der Waals surface area contributed by atoms with Gasteiger partial charge in [0.25, 0.3) is 0 Å². The number of hydrogen-bond acceptors (Lipinski definition) is 2. The highest BCUT2D eigenvalue weighted by molar-refractivity contribution is 9.10. The minimum Gasteiger partial charge on any atom is -0.494 e. The standard InChI is InChI=1S/C24H23BrN2O/c1-18-12-14-19(15-13-18)28-17-7-6-16-27-23-11-5-4-10-22(23)26-24(27)20-8-2-3-9-21(20)25/h2-5,8-15H,6-7,16-17H2,1H3. The molecule has 4 aromatic rings. The molecule has 0 aliphatic rings. The zero-order valence-corrected chi connectivity index (χ0v) is 17.5. The van der Waals surface area contributed by atoms with E-state index < -0.39 is 0 Å². The van der Waals surface area contributed by atoms with Gasteiger partial charge in [-0.1, -0.05) is 64.0 Å². The van der Waals surface area contributed by atoms with Gasteiger partial charge in [0.15, 0.2) is 0 Å². The average Bonchev–Trinajstić information content (AvgIpc) is 3.08. The molecule has 1 heterocycles. The Bertz CT molecular complexity index is 1070. The average molecular weight is 435 g/mol. The number of unbranched alkanes of at least 4 members (excludes halogenated alkanes) is 1. The Morgan fingerprint density at radius 2 is 1.64 bits per heavy atom. The summed E-state index contributed by atoms with van der Waals surface area (Å²) in [5, 5.41) is 0. The first-order valence-electron chi connectivity index (χ1n) is 9.62. The van der Waals surface area contributed by atoms with E-state index in [4.69, 9.17) is 9.72 Å². The summed E-state index contributed by atoms with van der Waals surface area (Å²) in [6, 6.07) is 24.8. The Morgan fingerprint density at radius 1 is 0.893 bits per heavy atom. The van der Waals surface area contributed by atoms with Crippen LogP contribution < -0.4 is 4.74 Å². The molecule has 0 aliphatic carbocycles. The molecular formula is C24H23BrN2O. The molecule has 0 unspecified atom stereocenters. The van der Waals surface area contributed by atoms with Crippen molar-refractivity contribution in [1.29, 1.82) is 0 Å². The Morgan fingerprint density at radius 3 is 2.46 bits per heavy atom. The van der Waals surface area contributed by atoms with Crippen molar-refractivity contribution in [2.45, 2.75) is 26.3 Å². The van der Waals surface area contributed by atoms with Gasteiger partial charge in [-0.05, 0) is 50.1 Å². The summed E-state index contributed by atoms with van der Waals surface area (Å²) in [6.45, 7) is 3.72. The van der Waals surface area contributed by atoms with E-state index in [1.165, 1.54) is 11.1 Å². The highest BCUT2D eigenvalue weighted by atomic mass is 79.9. The molecule has 0 radical (unpaired) electrons. The first-order valence-corrected chi connectivity index (χ1v) is 10.4. The normalized spacial score (nSPS) is 11.1. The minimum absolute atomic E-state index is 0.722. The van der Waals surface area contributed by atoms with Crippen LogP contribution >= 0.6 is 15.9 Å². The molecule has 3 aromatic carbocycles. The number of rotatable bonds is 7. The van der Waals surface area contributed by atoms with Crippen LogP contribution in [0.15, 0.2) is 77.3 Å². The van der Waals surface area contributed by atoms with Crippen LogP contribution in [-0.4, -0.2) is 16.2 Å². The molecule has 0 N–H and O–H groups in total. The van der Waals surface area contributed by atoms with Gasteiger partial charge < -0.3 is 9.30 Å². The Balaban J connectivity index is 1.47. The predicted molar refractivity (Wildman–Crippen MR) is 119 cm³/mol. The van der Waals surface area contributed by atoms with E-state index in [0.717, 1.165) is 53.1 Å². The number of halogens is 1. The third kappa shape index (κ3) is 4.12. The third-order valence-corrected chi connectivity index (χ3v) is 5.53. The molecule has 1 aromatic heterocycles. The van der Waals surface area contributed by atoms with Gasteiger partial charge in [-0.15, -0.1) is 0 Å². The molecular weight excluding hydrogens is 412 g/mol. The lowest BCUT2D eigenvalue weighted by Gasteiger charge is -2.11. The molecule has 28 heavy (non-hydrogen) atoms. The molecule has 0 atom stereocenters. The second kappa shape index (κ2) is 8.61. The van der Waals surface area contributed by atoms with Gasteiger partial charge in [-0.2, -0.15) is 0 Å². The van der Waals surface area contributed by atoms with Crippen LogP contribution in [-0.2, 0) is 6.54 Å². The molecule has 0 aliphatic heterocycles. The van der Waals surface area contributed by atoms with Gasteiger partial charge in [0.1, 0.15) is 11.6 Å². The molecule has 0 saturated heterocycles. The van der Waals surface area contributed by atoms with Crippen molar-refractivity contribution in [3.63, 3.8) is 0 Å². The smallest absolute Gasteiger partial charge is 0.142 e. The molecule has 4 heteroatoms. The van der Waals surface area contributed by atoms with Crippen LogP contribution in [0.4, 0.5) is 0 Å². The van der Waals surface area contributed by atoms with Gasteiger partial charge in [0.05, 0.1) is 17.6 Å². The van der Waals surface area contributed by atoms with E-state index in [2.05, 4.69) is 76.0 Å². The maximum absolute atomic E-state index is 5.87. The lowest BCUT2D eigenvalue weighted by atomic mass is 10.2. The lowest BCUT2D eigenvalue weighted by Crippen LogP contribution is -2.04. The molecule has 0 spiro atoms. The summed E-state index contributed by atoms with van der Waals surface area (Å²) < 4.78 is 9.25. The number of aromatic nitrogens is 2. The summed E-state index contributed by atoms with van der Waals surface area (Å²) in [4.78, 5) is 4.90. The van der Waals surface area contributed by atoms with Crippen molar-refractivity contribution in [2.75, 3.05) is 6.61 Å². The second-order valence-electron chi connectivity index (χ2n) is 6.92. The fourth-order valence-electron chi connectivity index (χ4n) is 3.35. The van der Waals surface area contributed by atoms with E-state index >= 15 is 0 Å². The van der Waals surface area contributed by atoms with Crippen molar-refractivity contribution < 1.29 is 4.74 Å². The lowest BCUT2D eigenvalue weighted by molar-refractivity contribution is 0.303. The van der Waals surface area contributed by atoms with Crippen LogP contribution in [0.2, 0.25) is 0 Å². The van der Waals surface area contributed by atoms with Gasteiger partial charge in [-0.25, -0.2) is 4.98 Å². The first kappa shape index (κ1) is 18.8. The molecule has 142 valence electrons. The third-order valence-electron chi connectivity index (χ3n) is 4.84. The van der Waals surface area contributed by atoms with Crippen molar-refractivity contribution in [1.82, 2.24) is 9.55 Å². The first-order chi connectivity index (χ1) is 13.7. The van der Waals surface area contributed by atoms with Gasteiger partial charge in [0, 0.05) is 16.6 Å². The number of ether oxygens (including phenoxy) is 1. The quantitative estimate of drug-likeness (QED) is 0.305. The topological polar surface area (TPSA) is 27.1 Å². The molecule has 0 bridgehead atoms. The Hall–Kier alpha value is -2.59. The maximum atomic E-state index is 5.87. The molecule has 0 amide bonds. The van der Waals surface area contributed by atoms with Crippen molar-refractivity contribution in [3.8, 4) is 17.1 Å². The Kier molecular flexibility index (Phi) is 5.77. The van der Waals surface area contributed by atoms with E-state index in [9.17, 15) is 0 Å². The fraction of sp³-hybridized carbons (Fsp3) is 0.208. The molecule has 4 rings (SSSR count). The number of imidazole rings is 1. The predicted octanol–water partition coefficient (Wildman–Crippen LogP) is 6.63. The summed E-state index contributed by atoms with van der Waals surface area (Å²) in [5.74, 6) is 1.95. The summed E-state index contributed by atoms with van der Waals surface area (Å²) in [7, 11) is 0. The van der Waals surface area contributed by atoms with Gasteiger partial charge in [-0.3, -0.25) is 0 Å². The fourth-order valence-corrected chi connectivity index (χ4v) is 3.81. The second-order valence-corrected chi connectivity index (χ2v) is 7.78. The van der Waals surface area contributed by atoms with Crippen molar-refractivity contribution >= 4 is 27.0 Å². The summed E-state index contributed by atoms with van der Waals surface area (Å²) in [5.41, 5.74) is 4.57. The van der Waals surface area contributed by atoms with Crippen molar-refractivity contribution in [3.05, 3.63) is 82.8 Å². The van der Waals surface area contributed by atoms with Crippen LogP contribution in [0.5, 0.6) is 5.75 Å². The monoisotopic (exact) mass is 434 g/mol. The SMILES string of the molecule is Cc1ccc(OCCCCn2c(-c3ccccc3Br)nc3ccccc32)cc1. The number of benzene rings is 3. The number of para-hydroxylation sites is 2. The van der Waals surface area contributed by atoms with Crippen LogP contribution in [0.25, 0.3) is 22.4 Å². The van der Waals surface area contributed by atoms with E-state index in [1.54, 1.807) is 0 Å². The largest absolute Gasteiger partial charge is 0.494 e. The summed E-state index contributed by atoms with van der Waals surface area (Å²) in [6.07, 6.45) is 2.03. The maximum Gasteiger partial charge on any atom is 0.142 e. The Labute approximate surface area is 174 Å². The highest BCUT2D eigenvalue weighted by Crippen LogP contribution is 2.30. The minimum atomic E-state index is 0.722. The van der Waals surface area contributed by atoms with Gasteiger partial charge >= 0.3 is 0 Å². The number of hydrogen-bond donors (Lipinski definition) is 0. The summed E-state index contributed by atoms with van der Waals surface area (Å²) >= 11 is 3.68. The van der Waals surface area contributed by atoms with Crippen molar-refractivity contribution in [2.24, 2.45) is 0 Å². The van der Waals surface area contributed by atoms with Crippen LogP contribution in [0.3, 0.4) is 0 Å². The number of aryl methyl sites for hydroxylation is 2. The van der Waals surface area contributed by atoms with Crippen LogP contribution in [0, 0.1) is 6.92 Å². The van der Waals surface area contributed by atoms with E-state index in [-0.39, 0.29) is 0 Å². The number of nitrogens with zero attached hydrogens (tertiary/aromatic N) is 2. The van der Waals surface area contributed by atoms with E-state index in [0.29, 0.717) is 0 Å². The zero-order chi connectivity index (χ0) is 19.3. The molecule has 0 saturated carbocycles. The highest BCUT2D eigenvalue weighted by Gasteiger charge is 2.14. The van der Waals surface area contributed by atoms with E-state index in [1.807, 2.05) is 24.3 Å². The van der Waals surface area contributed by atoms with Crippen LogP contribution in [0.1, 0.15) is 18.4 Å². The molecule has 0 fully saturated rings. The number of fused-ring (bicyclic) bond motifs is 1. The zero-order valence-electron chi connectivity index (χ0n) is 15.9.